The van der Waals surface area contributed by atoms with Crippen molar-refractivity contribution in [1.29, 1.82) is 0 Å². The Kier molecular flexibility index (Phi) is 6.59. The Morgan fingerprint density at radius 2 is 0.524 bits per heavy atom. The van der Waals surface area contributed by atoms with Crippen LogP contribution in [0.25, 0.3) is 0 Å². The molecule has 42 heavy (non-hydrogen) atoms. The van der Waals surface area contributed by atoms with Gasteiger partial charge in [-0.05, 0) is 119 Å². The first-order chi connectivity index (χ1) is 20.8. The van der Waals surface area contributed by atoms with Gasteiger partial charge >= 0.3 is 0 Å². The van der Waals surface area contributed by atoms with E-state index >= 15 is 0 Å². The van der Waals surface area contributed by atoms with Crippen LogP contribution in [0.3, 0.4) is 0 Å². The first-order valence-electron chi connectivity index (χ1n) is 14.3. The predicted octanol–water partition coefficient (Wildman–Crippen LogP) is 6.50. The third-order valence-electron chi connectivity index (χ3n) is 9.30. The molecule has 6 heteroatoms. The van der Waals surface area contributed by atoms with Crippen molar-refractivity contribution in [1.82, 2.24) is 29.9 Å². The van der Waals surface area contributed by atoms with Gasteiger partial charge in [0.2, 0.25) is 0 Å². The minimum Gasteiger partial charge on any atom is -0.265 e. The van der Waals surface area contributed by atoms with Crippen molar-refractivity contribution in [3.8, 4) is 0 Å². The van der Waals surface area contributed by atoms with Crippen molar-refractivity contribution in [3.63, 3.8) is 0 Å². The molecular weight excluding hydrogens is 516 g/mol. The number of aromatic nitrogens is 6. The van der Waals surface area contributed by atoms with Gasteiger partial charge in [0.1, 0.15) is 0 Å². The van der Waals surface area contributed by atoms with E-state index in [1.54, 1.807) is 0 Å². The maximum absolute atomic E-state index is 4.50. The number of hydrogen-bond acceptors (Lipinski definition) is 6. The smallest absolute Gasteiger partial charge is 0.0479 e. The van der Waals surface area contributed by atoms with Gasteiger partial charge in [-0.2, -0.15) is 0 Å². The van der Waals surface area contributed by atoms with Gasteiger partial charge in [0.25, 0.3) is 0 Å². The van der Waals surface area contributed by atoms with E-state index in [2.05, 4.69) is 103 Å². The summed E-state index contributed by atoms with van der Waals surface area (Å²) in [7, 11) is 0. The van der Waals surface area contributed by atoms with Crippen LogP contribution in [0.4, 0.5) is 0 Å². The Hall–Kier alpha value is -5.10. The van der Waals surface area contributed by atoms with E-state index in [0.717, 1.165) is 19.3 Å². The molecule has 0 radical (unpaired) electrons. The van der Waals surface area contributed by atoms with Crippen LogP contribution in [0.1, 0.15) is 52.6 Å². The van der Waals surface area contributed by atoms with Gasteiger partial charge < -0.3 is 0 Å². The average molecular weight is 547 g/mol. The van der Waals surface area contributed by atoms with E-state index in [0.29, 0.717) is 0 Å². The minimum atomic E-state index is -0.685. The highest BCUT2D eigenvalue weighted by Crippen LogP contribution is 2.69. The van der Waals surface area contributed by atoms with E-state index in [9.17, 15) is 0 Å². The van der Waals surface area contributed by atoms with E-state index in [-0.39, 0.29) is 0 Å². The van der Waals surface area contributed by atoms with Crippen molar-refractivity contribution < 1.29 is 0 Å². The van der Waals surface area contributed by atoms with Crippen LogP contribution in [0.2, 0.25) is 0 Å². The van der Waals surface area contributed by atoms with Gasteiger partial charge in [0.05, 0.1) is 0 Å². The van der Waals surface area contributed by atoms with Crippen LogP contribution in [-0.4, -0.2) is 29.9 Å². The topological polar surface area (TPSA) is 77.3 Å². The lowest BCUT2D eigenvalue weighted by molar-refractivity contribution is 0.122. The fourth-order valence-electron chi connectivity index (χ4n) is 8.04. The minimum absolute atomic E-state index is 0.549. The Labute approximate surface area is 245 Å². The molecule has 0 aliphatic heterocycles. The summed E-state index contributed by atoms with van der Waals surface area (Å²) in [5, 5.41) is 0. The van der Waals surface area contributed by atoms with E-state index in [1.165, 1.54) is 33.4 Å². The highest BCUT2D eigenvalue weighted by atomic mass is 14.7. The van der Waals surface area contributed by atoms with Crippen molar-refractivity contribution in [2.24, 2.45) is 0 Å². The lowest BCUT2D eigenvalue weighted by Crippen LogP contribution is -2.65. The molecule has 6 nitrogen and oxygen atoms in total. The van der Waals surface area contributed by atoms with Gasteiger partial charge in [-0.25, -0.2) is 0 Å². The molecule has 1 fully saturated rings. The molecule has 0 spiro atoms. The lowest BCUT2D eigenvalue weighted by Gasteiger charge is -2.65. The Balaban J connectivity index is 1.78. The van der Waals surface area contributed by atoms with E-state index in [1.807, 2.05) is 74.4 Å². The van der Waals surface area contributed by atoms with Gasteiger partial charge in [0, 0.05) is 90.6 Å². The molecule has 0 bridgehead atoms. The molecule has 6 aromatic heterocycles. The first-order valence-corrected chi connectivity index (χ1v) is 14.3. The van der Waals surface area contributed by atoms with Crippen molar-refractivity contribution in [2.75, 3.05) is 0 Å². The maximum Gasteiger partial charge on any atom is 0.0479 e. The summed E-state index contributed by atoms with van der Waals surface area (Å²) >= 11 is 0. The quantitative estimate of drug-likeness (QED) is 0.237. The van der Waals surface area contributed by atoms with Crippen LogP contribution >= 0.6 is 0 Å². The zero-order valence-corrected chi connectivity index (χ0v) is 23.2. The molecule has 0 atom stereocenters. The standard InChI is InChI=1S/C36H30N6/c1-14-34(28-2-16-37-17-3-28,29-4-18-38-19-5-29)36(32-10-24-41-25-11-32,33-12-26-42-27-13-33)35(15-1,30-6-20-39-21-7-30)31-8-22-40-23-9-31/h2-13,16-27H,1,14-15H2. The molecule has 7 rings (SSSR count). The SMILES string of the molecule is c1cc(C2(c3ccncc3)CCCC(c3ccncc3)(c3ccncc3)C2(c2ccncc2)c2ccncc2)ccn1. The third-order valence-corrected chi connectivity index (χ3v) is 9.30. The monoisotopic (exact) mass is 546 g/mol. The second-order valence-electron chi connectivity index (χ2n) is 10.8. The van der Waals surface area contributed by atoms with Crippen LogP contribution < -0.4 is 0 Å². The molecule has 1 saturated carbocycles. The molecule has 1 aliphatic rings. The molecule has 0 N–H and O–H groups in total. The molecule has 204 valence electrons. The number of pyridine rings is 6. The summed E-state index contributed by atoms with van der Waals surface area (Å²) in [6.45, 7) is 0. The molecule has 1 aliphatic carbocycles. The molecule has 0 unspecified atom stereocenters. The highest BCUT2D eigenvalue weighted by molar-refractivity contribution is 5.64. The molecule has 0 aromatic carbocycles. The van der Waals surface area contributed by atoms with Crippen LogP contribution in [0, 0.1) is 0 Å². The van der Waals surface area contributed by atoms with Gasteiger partial charge in [-0.1, -0.05) is 6.42 Å². The fourth-order valence-corrected chi connectivity index (χ4v) is 8.04. The summed E-state index contributed by atoms with van der Waals surface area (Å²) in [6.07, 6.45) is 25.8. The van der Waals surface area contributed by atoms with Gasteiger partial charge in [-0.15, -0.1) is 0 Å². The highest BCUT2D eigenvalue weighted by Gasteiger charge is 2.68. The Morgan fingerprint density at radius 1 is 0.310 bits per heavy atom. The first kappa shape index (κ1) is 25.8. The number of rotatable bonds is 6. The van der Waals surface area contributed by atoms with Gasteiger partial charge in [0.15, 0.2) is 0 Å². The molecule has 0 amide bonds. The van der Waals surface area contributed by atoms with Crippen LogP contribution in [0.5, 0.6) is 0 Å². The number of nitrogens with zero attached hydrogens (tertiary/aromatic N) is 6. The third kappa shape index (κ3) is 3.64. The maximum atomic E-state index is 4.50. The van der Waals surface area contributed by atoms with E-state index < -0.39 is 16.2 Å². The van der Waals surface area contributed by atoms with Crippen molar-refractivity contribution in [3.05, 3.63) is 181 Å². The zero-order chi connectivity index (χ0) is 28.3. The largest absolute Gasteiger partial charge is 0.265 e. The second kappa shape index (κ2) is 10.7. The Bertz CT molecular complexity index is 1520. The second-order valence-corrected chi connectivity index (χ2v) is 10.8. The summed E-state index contributed by atoms with van der Waals surface area (Å²) in [4.78, 5) is 26.8. The average Bonchev–Trinajstić information content (AvgIpc) is 3.10. The van der Waals surface area contributed by atoms with Gasteiger partial charge in [-0.3, -0.25) is 29.9 Å². The molecule has 6 aromatic rings. The summed E-state index contributed by atoms with van der Waals surface area (Å²) < 4.78 is 0. The normalized spacial score (nSPS) is 16.9. The predicted molar refractivity (Wildman–Crippen MR) is 162 cm³/mol. The van der Waals surface area contributed by atoms with Crippen LogP contribution in [0.15, 0.2) is 147 Å². The molecule has 0 saturated heterocycles. The van der Waals surface area contributed by atoms with Crippen molar-refractivity contribution >= 4 is 0 Å². The lowest BCUT2D eigenvalue weighted by atomic mass is 9.36. The summed E-state index contributed by atoms with van der Waals surface area (Å²) in [5.74, 6) is 0. The van der Waals surface area contributed by atoms with E-state index in [4.69, 9.17) is 0 Å². The number of hydrogen-bond donors (Lipinski definition) is 0. The zero-order valence-electron chi connectivity index (χ0n) is 23.2. The molecule has 6 heterocycles. The fraction of sp³-hybridized carbons (Fsp3) is 0.167. The summed E-state index contributed by atoms with van der Waals surface area (Å²) in [5.41, 5.74) is 5.35. The summed E-state index contributed by atoms with van der Waals surface area (Å²) in [6, 6.07) is 26.3. The van der Waals surface area contributed by atoms with Crippen molar-refractivity contribution in [2.45, 2.75) is 35.5 Å². The Morgan fingerprint density at radius 3 is 0.762 bits per heavy atom. The van der Waals surface area contributed by atoms with Crippen LogP contribution in [-0.2, 0) is 16.2 Å². The molecular formula is C36H30N6.